The van der Waals surface area contributed by atoms with E-state index in [0.717, 1.165) is 12.1 Å². The van der Waals surface area contributed by atoms with Gasteiger partial charge in [-0.2, -0.15) is 0 Å². The number of benzene rings is 2. The molecule has 0 spiro atoms. The first-order chi connectivity index (χ1) is 10.7. The predicted octanol–water partition coefficient (Wildman–Crippen LogP) is 4.45. The van der Waals surface area contributed by atoms with Gasteiger partial charge in [0.25, 0.3) is 0 Å². The van der Waals surface area contributed by atoms with Crippen molar-refractivity contribution in [3.63, 3.8) is 0 Å². The topological polar surface area (TPSA) is 41.1 Å². The van der Waals surface area contributed by atoms with Crippen molar-refractivity contribution in [1.82, 2.24) is 5.32 Å². The third kappa shape index (κ3) is 3.48. The van der Waals surface area contributed by atoms with Crippen LogP contribution in [0.5, 0.6) is 0 Å². The maximum absolute atomic E-state index is 12.1. The lowest BCUT2D eigenvalue weighted by Crippen LogP contribution is -2.31. The van der Waals surface area contributed by atoms with E-state index in [1.807, 2.05) is 37.3 Å². The van der Waals surface area contributed by atoms with Crippen LogP contribution in [0.25, 0.3) is 0 Å². The molecule has 3 heteroatoms. The molecule has 22 heavy (non-hydrogen) atoms. The molecule has 2 N–H and O–H groups in total. The summed E-state index contributed by atoms with van der Waals surface area (Å²) in [5, 5.41) is 5.86. The molecule has 0 saturated carbocycles. The Kier molecular flexibility index (Phi) is 4.42. The smallest absolute Gasteiger partial charge is 0.319 e. The molecule has 2 amide bonds. The van der Waals surface area contributed by atoms with Gasteiger partial charge in [0.05, 0.1) is 6.04 Å². The number of anilines is 1. The van der Waals surface area contributed by atoms with Crippen LogP contribution in [0.3, 0.4) is 0 Å². The molecule has 0 aromatic heterocycles. The molecular weight excluding hydrogens is 272 g/mol. The van der Waals surface area contributed by atoms with Crippen LogP contribution in [0, 0.1) is 0 Å². The molecule has 0 fully saturated rings. The van der Waals surface area contributed by atoms with Crippen molar-refractivity contribution in [2.45, 2.75) is 38.6 Å². The van der Waals surface area contributed by atoms with Crippen molar-refractivity contribution in [2.24, 2.45) is 0 Å². The highest BCUT2D eigenvalue weighted by Crippen LogP contribution is 2.24. The lowest BCUT2D eigenvalue weighted by atomic mass is 9.89. The van der Waals surface area contributed by atoms with Crippen molar-refractivity contribution in [1.29, 1.82) is 0 Å². The van der Waals surface area contributed by atoms with Gasteiger partial charge in [-0.05, 0) is 61.4 Å². The Morgan fingerprint density at radius 1 is 1.00 bits per heavy atom. The third-order valence-corrected chi connectivity index (χ3v) is 4.25. The fourth-order valence-corrected chi connectivity index (χ4v) is 2.99. The fourth-order valence-electron chi connectivity index (χ4n) is 2.99. The van der Waals surface area contributed by atoms with Gasteiger partial charge < -0.3 is 10.6 Å². The molecule has 3 rings (SSSR count). The van der Waals surface area contributed by atoms with Crippen LogP contribution in [0.2, 0.25) is 0 Å². The Morgan fingerprint density at radius 2 is 1.73 bits per heavy atom. The maximum Gasteiger partial charge on any atom is 0.319 e. The molecule has 1 aliphatic carbocycles. The summed E-state index contributed by atoms with van der Waals surface area (Å²) in [5.74, 6) is 0. The van der Waals surface area contributed by atoms with E-state index in [2.05, 4.69) is 28.8 Å². The standard InChI is InChI=1S/C19H22N2O/c1-14(20-19(22)21-18-9-3-2-4-10-18)16-12-11-15-7-5-6-8-17(15)13-16/h2-4,9-14H,5-8H2,1H3,(H2,20,21,22)/t14-/m0/s1. The summed E-state index contributed by atoms with van der Waals surface area (Å²) in [6.07, 6.45) is 4.91. The van der Waals surface area contributed by atoms with Gasteiger partial charge in [-0.15, -0.1) is 0 Å². The zero-order valence-corrected chi connectivity index (χ0v) is 12.9. The highest BCUT2D eigenvalue weighted by Gasteiger charge is 2.14. The number of nitrogens with one attached hydrogen (secondary N) is 2. The summed E-state index contributed by atoms with van der Waals surface area (Å²) in [7, 11) is 0. The van der Waals surface area contributed by atoms with Crippen molar-refractivity contribution in [3.05, 3.63) is 65.2 Å². The van der Waals surface area contributed by atoms with Gasteiger partial charge in [-0.25, -0.2) is 4.79 Å². The zero-order chi connectivity index (χ0) is 15.4. The van der Waals surface area contributed by atoms with Crippen molar-refractivity contribution < 1.29 is 4.79 Å². The number of carbonyl (C=O) groups excluding carboxylic acids is 1. The minimum Gasteiger partial charge on any atom is -0.331 e. The van der Waals surface area contributed by atoms with Gasteiger partial charge in [0.2, 0.25) is 0 Å². The van der Waals surface area contributed by atoms with E-state index in [4.69, 9.17) is 0 Å². The molecule has 0 heterocycles. The highest BCUT2D eigenvalue weighted by atomic mass is 16.2. The molecule has 0 bridgehead atoms. The Balaban J connectivity index is 1.64. The Morgan fingerprint density at radius 3 is 2.50 bits per heavy atom. The van der Waals surface area contributed by atoms with Gasteiger partial charge in [-0.3, -0.25) is 0 Å². The molecule has 0 aliphatic heterocycles. The van der Waals surface area contributed by atoms with E-state index in [-0.39, 0.29) is 12.1 Å². The molecule has 114 valence electrons. The van der Waals surface area contributed by atoms with E-state index >= 15 is 0 Å². The van der Waals surface area contributed by atoms with E-state index in [9.17, 15) is 4.79 Å². The highest BCUT2D eigenvalue weighted by molar-refractivity contribution is 5.89. The summed E-state index contributed by atoms with van der Waals surface area (Å²) in [6, 6.07) is 15.9. The molecule has 0 saturated heterocycles. The van der Waals surface area contributed by atoms with E-state index in [0.29, 0.717) is 0 Å². The van der Waals surface area contributed by atoms with Gasteiger partial charge in [0, 0.05) is 5.69 Å². The third-order valence-electron chi connectivity index (χ3n) is 4.25. The van der Waals surface area contributed by atoms with Crippen LogP contribution in [0.15, 0.2) is 48.5 Å². The van der Waals surface area contributed by atoms with Crippen molar-refractivity contribution >= 4 is 11.7 Å². The second kappa shape index (κ2) is 6.65. The molecule has 0 unspecified atom stereocenters. The summed E-state index contributed by atoms with van der Waals surface area (Å²) in [5.41, 5.74) is 4.89. The molecule has 3 nitrogen and oxygen atoms in total. The monoisotopic (exact) mass is 294 g/mol. The SMILES string of the molecule is C[C@H](NC(=O)Nc1ccccc1)c1ccc2c(c1)CCCC2. The van der Waals surface area contributed by atoms with E-state index in [1.165, 1.54) is 36.0 Å². The second-order valence-electron chi connectivity index (χ2n) is 5.92. The first-order valence-corrected chi connectivity index (χ1v) is 7.96. The summed E-state index contributed by atoms with van der Waals surface area (Å²) in [6.45, 7) is 2.02. The molecule has 2 aromatic rings. The van der Waals surface area contributed by atoms with E-state index < -0.39 is 0 Å². The first-order valence-electron chi connectivity index (χ1n) is 7.96. The second-order valence-corrected chi connectivity index (χ2v) is 5.92. The number of hydrogen-bond acceptors (Lipinski definition) is 1. The molecule has 0 radical (unpaired) electrons. The number of carbonyl (C=O) groups is 1. The first kappa shape index (κ1) is 14.6. The molecule has 2 aromatic carbocycles. The minimum absolute atomic E-state index is 0.00376. The number of amides is 2. The Bertz CT molecular complexity index is 652. The number of fused-ring (bicyclic) bond motifs is 1. The fraction of sp³-hybridized carbons (Fsp3) is 0.316. The van der Waals surface area contributed by atoms with Crippen molar-refractivity contribution in [3.8, 4) is 0 Å². The predicted molar refractivity (Wildman–Crippen MR) is 90.1 cm³/mol. The molecule has 1 aliphatic rings. The number of aryl methyl sites for hydroxylation is 2. The van der Waals surface area contributed by atoms with Crippen LogP contribution in [0.4, 0.5) is 10.5 Å². The van der Waals surface area contributed by atoms with Crippen LogP contribution in [-0.2, 0) is 12.8 Å². The summed E-state index contributed by atoms with van der Waals surface area (Å²) in [4.78, 5) is 12.1. The number of para-hydroxylation sites is 1. The lowest BCUT2D eigenvalue weighted by Gasteiger charge is -2.20. The van der Waals surface area contributed by atoms with Gasteiger partial charge in [-0.1, -0.05) is 36.4 Å². The van der Waals surface area contributed by atoms with Crippen LogP contribution >= 0.6 is 0 Å². The Hall–Kier alpha value is -2.29. The number of rotatable bonds is 3. The van der Waals surface area contributed by atoms with Crippen LogP contribution in [0.1, 0.15) is 42.5 Å². The van der Waals surface area contributed by atoms with Gasteiger partial charge >= 0.3 is 6.03 Å². The Labute approximate surface area is 131 Å². The lowest BCUT2D eigenvalue weighted by molar-refractivity contribution is 0.249. The normalized spacial score (nSPS) is 14.8. The van der Waals surface area contributed by atoms with Crippen LogP contribution < -0.4 is 10.6 Å². The number of hydrogen-bond donors (Lipinski definition) is 2. The van der Waals surface area contributed by atoms with Crippen LogP contribution in [-0.4, -0.2) is 6.03 Å². The molecule has 1 atom stereocenters. The van der Waals surface area contributed by atoms with Gasteiger partial charge in [0.15, 0.2) is 0 Å². The summed E-state index contributed by atoms with van der Waals surface area (Å²) < 4.78 is 0. The largest absolute Gasteiger partial charge is 0.331 e. The van der Waals surface area contributed by atoms with E-state index in [1.54, 1.807) is 0 Å². The van der Waals surface area contributed by atoms with Gasteiger partial charge in [0.1, 0.15) is 0 Å². The molecular formula is C19H22N2O. The number of urea groups is 1. The minimum atomic E-state index is -0.170. The average Bonchev–Trinajstić information content (AvgIpc) is 2.55. The summed E-state index contributed by atoms with van der Waals surface area (Å²) >= 11 is 0. The van der Waals surface area contributed by atoms with Crippen molar-refractivity contribution in [2.75, 3.05) is 5.32 Å². The maximum atomic E-state index is 12.1. The average molecular weight is 294 g/mol. The zero-order valence-electron chi connectivity index (χ0n) is 12.9. The quantitative estimate of drug-likeness (QED) is 0.863.